The molecule has 0 aromatic heterocycles. The summed E-state index contributed by atoms with van der Waals surface area (Å²) in [6.07, 6.45) is 4.99. The molecule has 1 aromatic rings. The van der Waals surface area contributed by atoms with Gasteiger partial charge in [-0.25, -0.2) is 0 Å². The van der Waals surface area contributed by atoms with Gasteiger partial charge in [0.1, 0.15) is 5.75 Å². The molecule has 0 aliphatic carbocycles. The molecule has 0 bridgehead atoms. The van der Waals surface area contributed by atoms with Gasteiger partial charge in [0.2, 0.25) is 0 Å². The first-order valence-electron chi connectivity index (χ1n) is 8.77. The molecule has 2 atom stereocenters. The van der Waals surface area contributed by atoms with Gasteiger partial charge in [0.25, 0.3) is 5.91 Å². The highest BCUT2D eigenvalue weighted by molar-refractivity contribution is 5.78. The minimum atomic E-state index is 0.0823. The first kappa shape index (κ1) is 16.8. The second-order valence-corrected chi connectivity index (χ2v) is 6.75. The monoisotopic (exact) mass is 327 g/mol. The first-order valence-corrected chi connectivity index (χ1v) is 8.77. The lowest BCUT2D eigenvalue weighted by molar-refractivity contribution is -0.135. The van der Waals surface area contributed by atoms with Crippen molar-refractivity contribution in [2.24, 2.45) is 0 Å². The average molecular weight is 327 g/mol. The van der Waals surface area contributed by atoms with E-state index in [1.165, 1.54) is 12.8 Å². The minimum absolute atomic E-state index is 0.0823. The molecular formula is C19H25N3O2. The number of likely N-dealkylation sites (tertiary alicyclic amines) is 2. The van der Waals surface area contributed by atoms with Crippen molar-refractivity contribution in [3.05, 3.63) is 29.8 Å². The molecule has 1 amide bonds. The number of amides is 1. The van der Waals surface area contributed by atoms with Gasteiger partial charge in [0.15, 0.2) is 6.61 Å². The van der Waals surface area contributed by atoms with Crippen molar-refractivity contribution < 1.29 is 9.53 Å². The summed E-state index contributed by atoms with van der Waals surface area (Å²) in [6, 6.07) is 10.4. The zero-order valence-electron chi connectivity index (χ0n) is 14.3. The predicted octanol–water partition coefficient (Wildman–Crippen LogP) is 2.22. The van der Waals surface area contributed by atoms with Crippen LogP contribution in [0, 0.1) is 11.3 Å². The van der Waals surface area contributed by atoms with Gasteiger partial charge in [-0.05, 0) is 57.0 Å². The van der Waals surface area contributed by atoms with Crippen LogP contribution in [0.5, 0.6) is 5.75 Å². The van der Waals surface area contributed by atoms with Gasteiger partial charge in [0, 0.05) is 18.6 Å². The van der Waals surface area contributed by atoms with E-state index >= 15 is 0 Å². The fourth-order valence-corrected chi connectivity index (χ4v) is 3.95. The highest BCUT2D eigenvalue weighted by atomic mass is 16.5. The molecule has 2 aliphatic rings. The SMILES string of the molecule is CN1CCC[C@@H]1[C@H]1CCCN1C(=O)COc1ccc(CC#N)cc1. The molecule has 2 aliphatic heterocycles. The largest absolute Gasteiger partial charge is 0.484 e. The van der Waals surface area contributed by atoms with Crippen LogP contribution >= 0.6 is 0 Å². The summed E-state index contributed by atoms with van der Waals surface area (Å²) in [7, 11) is 2.16. The fourth-order valence-electron chi connectivity index (χ4n) is 3.95. The molecule has 0 spiro atoms. The zero-order chi connectivity index (χ0) is 16.9. The fraction of sp³-hybridized carbons (Fsp3) is 0.579. The van der Waals surface area contributed by atoms with Crippen LogP contribution in [0.3, 0.4) is 0 Å². The van der Waals surface area contributed by atoms with Crippen molar-refractivity contribution in [2.45, 2.75) is 44.2 Å². The van der Waals surface area contributed by atoms with Crippen molar-refractivity contribution in [1.82, 2.24) is 9.80 Å². The molecule has 2 fully saturated rings. The summed E-state index contributed by atoms with van der Waals surface area (Å²) in [5.41, 5.74) is 0.958. The summed E-state index contributed by atoms with van der Waals surface area (Å²) in [5.74, 6) is 0.762. The van der Waals surface area contributed by atoms with Gasteiger partial charge < -0.3 is 14.5 Å². The summed E-state index contributed by atoms with van der Waals surface area (Å²) in [6.45, 7) is 2.07. The van der Waals surface area contributed by atoms with E-state index in [2.05, 4.69) is 18.0 Å². The van der Waals surface area contributed by atoms with Gasteiger partial charge in [-0.2, -0.15) is 5.26 Å². The van der Waals surface area contributed by atoms with Crippen molar-refractivity contribution in [2.75, 3.05) is 26.7 Å². The van der Waals surface area contributed by atoms with Crippen LogP contribution in [0.25, 0.3) is 0 Å². The van der Waals surface area contributed by atoms with Crippen molar-refractivity contribution in [3.63, 3.8) is 0 Å². The van der Waals surface area contributed by atoms with Crippen molar-refractivity contribution >= 4 is 5.91 Å². The number of nitriles is 1. The van der Waals surface area contributed by atoms with Crippen LogP contribution in [0.4, 0.5) is 0 Å². The third-order valence-corrected chi connectivity index (χ3v) is 5.21. The molecule has 3 rings (SSSR count). The van der Waals surface area contributed by atoms with Gasteiger partial charge >= 0.3 is 0 Å². The van der Waals surface area contributed by atoms with E-state index in [4.69, 9.17) is 10.00 Å². The summed E-state index contributed by atoms with van der Waals surface area (Å²) < 4.78 is 5.66. The Balaban J connectivity index is 1.55. The normalized spacial score (nSPS) is 24.1. The zero-order valence-corrected chi connectivity index (χ0v) is 14.3. The molecule has 1 aromatic carbocycles. The van der Waals surface area contributed by atoms with Crippen molar-refractivity contribution in [3.8, 4) is 11.8 Å². The van der Waals surface area contributed by atoms with Crippen LogP contribution in [0.1, 0.15) is 31.2 Å². The number of carbonyl (C=O) groups is 1. The van der Waals surface area contributed by atoms with E-state index in [9.17, 15) is 4.79 Å². The molecule has 2 heterocycles. The Morgan fingerprint density at radius 3 is 2.58 bits per heavy atom. The number of likely N-dealkylation sites (N-methyl/N-ethyl adjacent to an activating group) is 1. The third kappa shape index (κ3) is 3.70. The number of ether oxygens (including phenoxy) is 1. The lowest BCUT2D eigenvalue weighted by atomic mass is 10.0. The highest BCUT2D eigenvalue weighted by Gasteiger charge is 2.38. The standard InChI is InChI=1S/C19H25N3O2/c1-21-12-2-4-17(21)18-5-3-13-22(18)19(23)14-24-16-8-6-15(7-9-16)10-11-20/h6-9,17-18H,2-5,10,12-14H2,1H3/t17-,18-/m1/s1. The summed E-state index contributed by atoms with van der Waals surface area (Å²) in [5, 5.41) is 8.68. The Morgan fingerprint density at radius 1 is 1.21 bits per heavy atom. The minimum Gasteiger partial charge on any atom is -0.484 e. The quantitative estimate of drug-likeness (QED) is 0.832. The maximum absolute atomic E-state index is 12.6. The Labute approximate surface area is 143 Å². The Hall–Kier alpha value is -2.06. The Morgan fingerprint density at radius 2 is 1.92 bits per heavy atom. The molecule has 0 saturated carbocycles. The first-order chi connectivity index (χ1) is 11.7. The highest BCUT2D eigenvalue weighted by Crippen LogP contribution is 2.29. The maximum Gasteiger partial charge on any atom is 0.260 e. The number of nitrogens with zero attached hydrogens (tertiary/aromatic N) is 3. The molecular weight excluding hydrogens is 302 g/mol. The van der Waals surface area contributed by atoms with Crippen molar-refractivity contribution in [1.29, 1.82) is 5.26 Å². The lowest BCUT2D eigenvalue weighted by Crippen LogP contribution is -2.48. The van der Waals surface area contributed by atoms with Crippen LogP contribution in [-0.2, 0) is 11.2 Å². The smallest absolute Gasteiger partial charge is 0.260 e. The van der Waals surface area contributed by atoms with Gasteiger partial charge in [-0.1, -0.05) is 12.1 Å². The topological polar surface area (TPSA) is 56.6 Å². The molecule has 24 heavy (non-hydrogen) atoms. The second kappa shape index (κ2) is 7.67. The van der Waals surface area contributed by atoms with E-state index < -0.39 is 0 Å². The van der Waals surface area contributed by atoms with E-state index in [0.717, 1.165) is 31.5 Å². The second-order valence-electron chi connectivity index (χ2n) is 6.75. The van der Waals surface area contributed by atoms with Gasteiger partial charge in [-0.3, -0.25) is 4.79 Å². The van der Waals surface area contributed by atoms with Crippen LogP contribution < -0.4 is 4.74 Å². The molecule has 0 N–H and O–H groups in total. The van der Waals surface area contributed by atoms with Gasteiger partial charge in [0.05, 0.1) is 12.5 Å². The van der Waals surface area contributed by atoms with Crippen LogP contribution in [0.15, 0.2) is 24.3 Å². The van der Waals surface area contributed by atoms with E-state index in [1.54, 1.807) is 0 Å². The van der Waals surface area contributed by atoms with E-state index in [0.29, 0.717) is 24.3 Å². The summed E-state index contributed by atoms with van der Waals surface area (Å²) >= 11 is 0. The number of rotatable bonds is 5. The molecule has 0 radical (unpaired) electrons. The lowest BCUT2D eigenvalue weighted by Gasteiger charge is -2.33. The average Bonchev–Trinajstić information content (AvgIpc) is 3.22. The van der Waals surface area contributed by atoms with E-state index in [-0.39, 0.29) is 12.5 Å². The van der Waals surface area contributed by atoms with Crippen LogP contribution in [-0.4, -0.2) is 54.5 Å². The summed E-state index contributed by atoms with van der Waals surface area (Å²) in [4.78, 5) is 17.0. The molecule has 2 saturated heterocycles. The number of carbonyl (C=O) groups excluding carboxylic acids is 1. The third-order valence-electron chi connectivity index (χ3n) is 5.21. The van der Waals surface area contributed by atoms with E-state index in [1.807, 2.05) is 29.2 Å². The number of hydrogen-bond acceptors (Lipinski definition) is 4. The Bertz CT molecular complexity index is 608. The molecule has 0 unspecified atom stereocenters. The predicted molar refractivity (Wildman–Crippen MR) is 91.6 cm³/mol. The molecule has 5 heteroatoms. The molecule has 5 nitrogen and oxygen atoms in total. The van der Waals surface area contributed by atoms with Gasteiger partial charge in [-0.15, -0.1) is 0 Å². The Kier molecular flexibility index (Phi) is 5.37. The number of benzene rings is 1. The van der Waals surface area contributed by atoms with Crippen LogP contribution in [0.2, 0.25) is 0 Å². The maximum atomic E-state index is 12.6. The number of hydrogen-bond donors (Lipinski definition) is 0. The molecule has 128 valence electrons.